The van der Waals surface area contributed by atoms with Gasteiger partial charge < -0.3 is 9.97 Å². The molecular formula is C7H7Cl2N3O. The lowest BCUT2D eigenvalue weighted by Gasteiger charge is -1.88. The largest absolute Gasteiger partial charge is 0.346 e. The van der Waals surface area contributed by atoms with Gasteiger partial charge in [0.25, 0.3) is 5.56 Å². The third-order valence-corrected chi connectivity index (χ3v) is 1.99. The first-order chi connectivity index (χ1) is 5.83. The first-order valence-corrected chi connectivity index (χ1v) is 3.96. The van der Waals surface area contributed by atoms with E-state index in [0.29, 0.717) is 16.9 Å². The van der Waals surface area contributed by atoms with E-state index in [-0.39, 0.29) is 18.0 Å². The van der Waals surface area contributed by atoms with Gasteiger partial charge in [-0.3, -0.25) is 4.79 Å². The average Bonchev–Trinajstić information content (AvgIpc) is 2.49. The van der Waals surface area contributed by atoms with Crippen molar-refractivity contribution in [3.05, 3.63) is 28.4 Å². The Kier molecular flexibility index (Phi) is 2.95. The van der Waals surface area contributed by atoms with Gasteiger partial charge in [-0.25, -0.2) is 4.98 Å². The lowest BCUT2D eigenvalue weighted by atomic mass is 10.3. The van der Waals surface area contributed by atoms with Crippen LogP contribution in [0, 0.1) is 0 Å². The maximum atomic E-state index is 11.2. The van der Waals surface area contributed by atoms with E-state index in [1.165, 1.54) is 6.33 Å². The molecule has 0 aromatic carbocycles. The molecule has 0 aliphatic carbocycles. The molecule has 0 aliphatic heterocycles. The Balaban J connectivity index is 0.000000845. The number of hydrogen-bond donors (Lipinski definition) is 2. The SMILES string of the molecule is Cl.O=c1[nH]cnc2[nH]cc(CCl)c12. The molecule has 0 fully saturated rings. The average molecular weight is 220 g/mol. The maximum absolute atomic E-state index is 11.2. The van der Waals surface area contributed by atoms with Crippen molar-refractivity contribution >= 4 is 35.0 Å². The highest BCUT2D eigenvalue weighted by Crippen LogP contribution is 2.12. The Morgan fingerprint density at radius 3 is 2.92 bits per heavy atom. The summed E-state index contributed by atoms with van der Waals surface area (Å²) in [4.78, 5) is 20.5. The van der Waals surface area contributed by atoms with Crippen molar-refractivity contribution in [2.45, 2.75) is 5.88 Å². The molecule has 2 N–H and O–H groups in total. The molecule has 0 saturated heterocycles. The Morgan fingerprint density at radius 2 is 2.23 bits per heavy atom. The van der Waals surface area contributed by atoms with E-state index in [1.54, 1.807) is 6.20 Å². The Hall–Kier alpha value is -1.00. The molecule has 0 radical (unpaired) electrons. The molecule has 0 aliphatic rings. The summed E-state index contributed by atoms with van der Waals surface area (Å²) >= 11 is 5.62. The van der Waals surface area contributed by atoms with E-state index in [0.717, 1.165) is 5.56 Å². The second kappa shape index (κ2) is 3.81. The van der Waals surface area contributed by atoms with Crippen molar-refractivity contribution < 1.29 is 0 Å². The van der Waals surface area contributed by atoms with E-state index in [4.69, 9.17) is 11.6 Å². The zero-order valence-corrected chi connectivity index (χ0v) is 8.08. The molecule has 70 valence electrons. The summed E-state index contributed by atoms with van der Waals surface area (Å²) in [6, 6.07) is 0. The number of alkyl halides is 1. The number of aromatic nitrogens is 3. The van der Waals surface area contributed by atoms with Crippen LogP contribution in [0.15, 0.2) is 17.3 Å². The summed E-state index contributed by atoms with van der Waals surface area (Å²) in [6.07, 6.45) is 3.05. The van der Waals surface area contributed by atoms with Crippen molar-refractivity contribution in [1.29, 1.82) is 0 Å². The van der Waals surface area contributed by atoms with E-state index >= 15 is 0 Å². The van der Waals surface area contributed by atoms with Gasteiger partial charge in [0.1, 0.15) is 5.65 Å². The summed E-state index contributed by atoms with van der Waals surface area (Å²) < 4.78 is 0. The summed E-state index contributed by atoms with van der Waals surface area (Å²) in [5, 5.41) is 0.549. The maximum Gasteiger partial charge on any atom is 0.260 e. The number of hydrogen-bond acceptors (Lipinski definition) is 2. The molecule has 6 heteroatoms. The van der Waals surface area contributed by atoms with Gasteiger partial charge in [0.05, 0.1) is 11.7 Å². The number of nitrogens with zero attached hydrogens (tertiary/aromatic N) is 1. The molecule has 2 rings (SSSR count). The summed E-state index contributed by atoms with van der Waals surface area (Å²) in [7, 11) is 0. The fourth-order valence-corrected chi connectivity index (χ4v) is 1.35. The molecule has 2 heterocycles. The quantitative estimate of drug-likeness (QED) is 0.713. The molecule has 0 spiro atoms. The van der Waals surface area contributed by atoms with Gasteiger partial charge in [0, 0.05) is 12.1 Å². The van der Waals surface area contributed by atoms with Crippen LogP contribution in [0.1, 0.15) is 5.56 Å². The van der Waals surface area contributed by atoms with Gasteiger partial charge in [0.2, 0.25) is 0 Å². The van der Waals surface area contributed by atoms with Gasteiger partial charge in [0.15, 0.2) is 0 Å². The lowest BCUT2D eigenvalue weighted by Crippen LogP contribution is -2.06. The predicted molar refractivity (Wildman–Crippen MR) is 53.5 cm³/mol. The van der Waals surface area contributed by atoms with Crippen LogP contribution in [-0.2, 0) is 5.88 Å². The standard InChI is InChI=1S/C7H6ClN3O.ClH/c8-1-4-2-9-6-5(4)7(12)11-3-10-6;/h2-3H,1H2,(H2,9,10,11,12);1H. The molecule has 0 saturated carbocycles. The second-order valence-electron chi connectivity index (χ2n) is 2.40. The fraction of sp³-hybridized carbons (Fsp3) is 0.143. The fourth-order valence-electron chi connectivity index (χ4n) is 1.14. The van der Waals surface area contributed by atoms with Crippen molar-refractivity contribution in [3.8, 4) is 0 Å². The van der Waals surface area contributed by atoms with E-state index in [1.807, 2.05) is 0 Å². The monoisotopic (exact) mass is 219 g/mol. The van der Waals surface area contributed by atoms with Crippen LogP contribution >= 0.6 is 24.0 Å². The minimum absolute atomic E-state index is 0. The number of H-pyrrole nitrogens is 2. The van der Waals surface area contributed by atoms with Crippen LogP contribution in [0.4, 0.5) is 0 Å². The van der Waals surface area contributed by atoms with Crippen LogP contribution < -0.4 is 5.56 Å². The third kappa shape index (κ3) is 1.55. The molecule has 0 amide bonds. The van der Waals surface area contributed by atoms with Gasteiger partial charge in [-0.05, 0) is 5.56 Å². The van der Waals surface area contributed by atoms with Gasteiger partial charge in [-0.2, -0.15) is 0 Å². The molecule has 0 atom stereocenters. The van der Waals surface area contributed by atoms with Gasteiger partial charge in [-0.15, -0.1) is 24.0 Å². The smallest absolute Gasteiger partial charge is 0.260 e. The van der Waals surface area contributed by atoms with Gasteiger partial charge >= 0.3 is 0 Å². The molecule has 2 aromatic heterocycles. The molecule has 4 nitrogen and oxygen atoms in total. The van der Waals surface area contributed by atoms with Crippen molar-refractivity contribution in [2.75, 3.05) is 0 Å². The minimum atomic E-state index is -0.156. The highest BCUT2D eigenvalue weighted by Gasteiger charge is 2.05. The number of halogens is 2. The molecule has 2 aromatic rings. The van der Waals surface area contributed by atoms with Crippen molar-refractivity contribution in [2.24, 2.45) is 0 Å². The second-order valence-corrected chi connectivity index (χ2v) is 2.67. The first-order valence-electron chi connectivity index (χ1n) is 3.42. The summed E-state index contributed by atoms with van der Waals surface area (Å²) in [5.74, 6) is 0.314. The number of nitrogens with one attached hydrogen (secondary N) is 2. The third-order valence-electron chi connectivity index (χ3n) is 1.70. The summed E-state index contributed by atoms with van der Waals surface area (Å²) in [5.41, 5.74) is 1.20. The number of fused-ring (bicyclic) bond motifs is 1. The number of rotatable bonds is 1. The van der Waals surface area contributed by atoms with Crippen LogP contribution in [0.5, 0.6) is 0 Å². The number of aromatic amines is 2. The zero-order chi connectivity index (χ0) is 8.55. The van der Waals surface area contributed by atoms with E-state index in [9.17, 15) is 4.79 Å². The summed E-state index contributed by atoms with van der Waals surface area (Å²) in [6.45, 7) is 0. The minimum Gasteiger partial charge on any atom is -0.346 e. The van der Waals surface area contributed by atoms with Crippen molar-refractivity contribution in [3.63, 3.8) is 0 Å². The molecule has 13 heavy (non-hydrogen) atoms. The van der Waals surface area contributed by atoms with Crippen LogP contribution in [0.3, 0.4) is 0 Å². The Bertz CT molecular complexity index is 462. The van der Waals surface area contributed by atoms with Gasteiger partial charge in [-0.1, -0.05) is 0 Å². The molecular weight excluding hydrogens is 213 g/mol. The molecule has 0 bridgehead atoms. The van der Waals surface area contributed by atoms with E-state index < -0.39 is 0 Å². The highest BCUT2D eigenvalue weighted by molar-refractivity contribution is 6.17. The zero-order valence-electron chi connectivity index (χ0n) is 6.50. The van der Waals surface area contributed by atoms with Crippen LogP contribution in [-0.4, -0.2) is 15.0 Å². The Labute approximate surface area is 84.7 Å². The topological polar surface area (TPSA) is 61.5 Å². The first kappa shape index (κ1) is 10.1. The normalized spacial score (nSPS) is 9.92. The van der Waals surface area contributed by atoms with Crippen LogP contribution in [0.25, 0.3) is 11.0 Å². The molecule has 0 unspecified atom stereocenters. The lowest BCUT2D eigenvalue weighted by molar-refractivity contribution is 1.16. The highest BCUT2D eigenvalue weighted by atomic mass is 35.5. The van der Waals surface area contributed by atoms with Crippen molar-refractivity contribution in [1.82, 2.24) is 15.0 Å². The van der Waals surface area contributed by atoms with E-state index in [2.05, 4.69) is 15.0 Å². The Morgan fingerprint density at radius 1 is 1.46 bits per heavy atom. The predicted octanol–water partition coefficient (Wildman–Crippen LogP) is 1.41. The van der Waals surface area contributed by atoms with Crippen LogP contribution in [0.2, 0.25) is 0 Å².